The molecule has 0 aromatic carbocycles. The molecule has 17 heavy (non-hydrogen) atoms. The predicted octanol–water partition coefficient (Wildman–Crippen LogP) is 1.88. The zero-order valence-electron chi connectivity index (χ0n) is 11.2. The lowest BCUT2D eigenvalue weighted by Gasteiger charge is -2.32. The lowest BCUT2D eigenvalue weighted by molar-refractivity contribution is 0.421. The Bertz CT molecular complexity index is 364. The minimum Gasteiger partial charge on any atom is -0.355 e. The van der Waals surface area contributed by atoms with E-state index in [1.807, 2.05) is 0 Å². The molecule has 0 unspecified atom stereocenters. The highest BCUT2D eigenvalue weighted by Crippen LogP contribution is 2.26. The predicted molar refractivity (Wildman–Crippen MR) is 71.3 cm³/mol. The number of anilines is 1. The molecule has 1 aromatic heterocycles. The van der Waals surface area contributed by atoms with Crippen LogP contribution < -0.4 is 10.6 Å². The number of aromatic amines is 1. The number of piperidine rings is 1. The summed E-state index contributed by atoms with van der Waals surface area (Å²) >= 11 is 0. The van der Waals surface area contributed by atoms with E-state index in [1.165, 1.54) is 18.5 Å². The van der Waals surface area contributed by atoms with E-state index in [1.54, 1.807) is 0 Å². The molecule has 4 nitrogen and oxygen atoms in total. The van der Waals surface area contributed by atoms with Crippen LogP contribution in [0, 0.1) is 5.92 Å². The topological polar surface area (TPSA) is 57.9 Å². The van der Waals surface area contributed by atoms with Crippen molar-refractivity contribution in [2.45, 2.75) is 39.0 Å². The van der Waals surface area contributed by atoms with Gasteiger partial charge in [0.05, 0.1) is 0 Å². The number of aromatic nitrogens is 2. The van der Waals surface area contributed by atoms with Crippen LogP contribution in [0.1, 0.15) is 39.3 Å². The number of nitrogens with zero attached hydrogens (tertiary/aromatic N) is 2. The summed E-state index contributed by atoms with van der Waals surface area (Å²) in [5, 5.41) is 7.59. The second-order valence-electron chi connectivity index (χ2n) is 6.08. The summed E-state index contributed by atoms with van der Waals surface area (Å²) in [7, 11) is 0. The molecule has 0 amide bonds. The molecule has 1 atom stereocenters. The Kier molecular flexibility index (Phi) is 3.43. The number of hydrogen-bond acceptors (Lipinski definition) is 3. The second kappa shape index (κ2) is 4.69. The molecule has 96 valence electrons. The maximum atomic E-state index is 5.76. The zero-order chi connectivity index (χ0) is 12.5. The van der Waals surface area contributed by atoms with Gasteiger partial charge in [-0.25, -0.2) is 0 Å². The van der Waals surface area contributed by atoms with Gasteiger partial charge in [0.1, 0.15) is 0 Å². The maximum Gasteiger partial charge on any atom is 0.150 e. The summed E-state index contributed by atoms with van der Waals surface area (Å²) in [5.41, 5.74) is 7.09. The summed E-state index contributed by atoms with van der Waals surface area (Å²) in [6.45, 7) is 9.53. The third-order valence-electron chi connectivity index (χ3n) is 3.55. The molecule has 0 bridgehead atoms. The van der Waals surface area contributed by atoms with Crippen molar-refractivity contribution in [3.05, 3.63) is 11.8 Å². The number of rotatable bonds is 2. The van der Waals surface area contributed by atoms with E-state index in [2.05, 4.69) is 41.9 Å². The van der Waals surface area contributed by atoms with Crippen molar-refractivity contribution < 1.29 is 0 Å². The van der Waals surface area contributed by atoms with Gasteiger partial charge in [-0.05, 0) is 25.3 Å². The van der Waals surface area contributed by atoms with Crippen molar-refractivity contribution in [3.63, 3.8) is 0 Å². The van der Waals surface area contributed by atoms with Gasteiger partial charge in [0.2, 0.25) is 0 Å². The Hall–Kier alpha value is -1.03. The second-order valence-corrected chi connectivity index (χ2v) is 6.08. The summed E-state index contributed by atoms with van der Waals surface area (Å²) in [6.07, 6.45) is 2.48. The van der Waals surface area contributed by atoms with Gasteiger partial charge < -0.3 is 10.6 Å². The number of nitrogens with one attached hydrogen (secondary N) is 1. The molecule has 1 saturated heterocycles. The van der Waals surface area contributed by atoms with Crippen LogP contribution >= 0.6 is 0 Å². The molecule has 1 aliphatic rings. The van der Waals surface area contributed by atoms with Gasteiger partial charge in [-0.3, -0.25) is 5.10 Å². The quantitative estimate of drug-likeness (QED) is 0.824. The molecule has 0 saturated carbocycles. The highest BCUT2D eigenvalue weighted by molar-refractivity contribution is 5.41. The number of H-pyrrole nitrogens is 1. The molecule has 1 aliphatic heterocycles. The summed E-state index contributed by atoms with van der Waals surface area (Å²) in [4.78, 5) is 2.35. The molecule has 1 aromatic rings. The molecule has 0 radical (unpaired) electrons. The van der Waals surface area contributed by atoms with Crippen LogP contribution in [0.2, 0.25) is 0 Å². The zero-order valence-corrected chi connectivity index (χ0v) is 11.2. The van der Waals surface area contributed by atoms with Gasteiger partial charge in [0, 0.05) is 30.3 Å². The van der Waals surface area contributed by atoms with Crippen molar-refractivity contribution in [2.24, 2.45) is 11.7 Å². The van der Waals surface area contributed by atoms with Crippen molar-refractivity contribution in [1.82, 2.24) is 10.2 Å². The van der Waals surface area contributed by atoms with Gasteiger partial charge in [-0.2, -0.15) is 5.10 Å². The smallest absolute Gasteiger partial charge is 0.150 e. The molecular formula is C13H24N4. The SMILES string of the molecule is CC(C)(C)c1cc(N2CCC[C@H](CN)C2)n[nH]1. The van der Waals surface area contributed by atoms with Crippen molar-refractivity contribution in [1.29, 1.82) is 0 Å². The fourth-order valence-corrected chi connectivity index (χ4v) is 2.32. The molecule has 2 heterocycles. The molecule has 1 fully saturated rings. The normalized spacial score (nSPS) is 21.9. The molecule has 3 N–H and O–H groups in total. The first-order chi connectivity index (χ1) is 8.00. The number of hydrogen-bond donors (Lipinski definition) is 2. The lowest BCUT2D eigenvalue weighted by Crippen LogP contribution is -2.38. The van der Waals surface area contributed by atoms with Crippen molar-refractivity contribution in [3.8, 4) is 0 Å². The maximum absolute atomic E-state index is 5.76. The minimum atomic E-state index is 0.133. The Balaban J connectivity index is 2.09. The van der Waals surface area contributed by atoms with Crippen LogP contribution in [-0.4, -0.2) is 29.8 Å². The van der Waals surface area contributed by atoms with E-state index in [0.717, 1.165) is 25.5 Å². The lowest BCUT2D eigenvalue weighted by atomic mass is 9.92. The van der Waals surface area contributed by atoms with Gasteiger partial charge in [0.15, 0.2) is 5.82 Å². The summed E-state index contributed by atoms with van der Waals surface area (Å²) in [6, 6.07) is 2.18. The van der Waals surface area contributed by atoms with Crippen molar-refractivity contribution >= 4 is 5.82 Å². The van der Waals surface area contributed by atoms with Crippen LogP contribution in [0.3, 0.4) is 0 Å². The highest BCUT2D eigenvalue weighted by atomic mass is 15.3. The third-order valence-corrected chi connectivity index (χ3v) is 3.55. The first-order valence-electron chi connectivity index (χ1n) is 6.51. The largest absolute Gasteiger partial charge is 0.355 e. The van der Waals surface area contributed by atoms with E-state index in [4.69, 9.17) is 5.73 Å². The van der Waals surface area contributed by atoms with E-state index < -0.39 is 0 Å². The van der Waals surface area contributed by atoms with Crippen LogP contribution in [-0.2, 0) is 5.41 Å². The van der Waals surface area contributed by atoms with Crippen molar-refractivity contribution in [2.75, 3.05) is 24.5 Å². The van der Waals surface area contributed by atoms with E-state index in [-0.39, 0.29) is 5.41 Å². The van der Waals surface area contributed by atoms with Crippen LogP contribution in [0.4, 0.5) is 5.82 Å². The monoisotopic (exact) mass is 236 g/mol. The van der Waals surface area contributed by atoms with Gasteiger partial charge in [-0.1, -0.05) is 20.8 Å². The number of nitrogens with two attached hydrogens (primary N) is 1. The van der Waals surface area contributed by atoms with Gasteiger partial charge >= 0.3 is 0 Å². The first kappa shape index (κ1) is 12.4. The molecule has 0 aliphatic carbocycles. The minimum absolute atomic E-state index is 0.133. The molecule has 4 heteroatoms. The Morgan fingerprint density at radius 3 is 2.88 bits per heavy atom. The molecule has 2 rings (SSSR count). The van der Waals surface area contributed by atoms with Gasteiger partial charge in [0.25, 0.3) is 0 Å². The molecular weight excluding hydrogens is 212 g/mol. The van der Waals surface area contributed by atoms with E-state index in [9.17, 15) is 0 Å². The standard InChI is InChI=1S/C13H24N4/c1-13(2,3)11-7-12(16-15-11)17-6-4-5-10(8-14)9-17/h7,10H,4-6,8-9,14H2,1-3H3,(H,15,16)/t10-/m1/s1. The van der Waals surface area contributed by atoms with Crippen LogP contribution in [0.5, 0.6) is 0 Å². The highest BCUT2D eigenvalue weighted by Gasteiger charge is 2.23. The Morgan fingerprint density at radius 1 is 1.53 bits per heavy atom. The summed E-state index contributed by atoms with van der Waals surface area (Å²) in [5.74, 6) is 1.70. The average Bonchev–Trinajstić information content (AvgIpc) is 2.78. The van der Waals surface area contributed by atoms with Gasteiger partial charge in [-0.15, -0.1) is 0 Å². The van der Waals surface area contributed by atoms with E-state index >= 15 is 0 Å². The first-order valence-corrected chi connectivity index (χ1v) is 6.51. The van der Waals surface area contributed by atoms with E-state index in [0.29, 0.717) is 5.92 Å². The fourth-order valence-electron chi connectivity index (χ4n) is 2.32. The third kappa shape index (κ3) is 2.80. The Morgan fingerprint density at radius 2 is 2.29 bits per heavy atom. The summed E-state index contributed by atoms with van der Waals surface area (Å²) < 4.78 is 0. The van der Waals surface area contributed by atoms with Crippen LogP contribution in [0.15, 0.2) is 6.07 Å². The van der Waals surface area contributed by atoms with Crippen LogP contribution in [0.25, 0.3) is 0 Å². The fraction of sp³-hybridized carbons (Fsp3) is 0.769. The molecule has 0 spiro atoms. The average molecular weight is 236 g/mol. The Labute approximate surface area is 104 Å².